The maximum atomic E-state index is 10.5. The van der Waals surface area contributed by atoms with Crippen molar-refractivity contribution in [2.24, 2.45) is 0 Å². The number of hydrogen-bond donors (Lipinski definition) is 6. The molecule has 3 aliphatic heterocycles. The average molecular weight is 1060 g/mol. The van der Waals surface area contributed by atoms with Gasteiger partial charge >= 0.3 is 0 Å². The van der Waals surface area contributed by atoms with Crippen molar-refractivity contribution in [3.63, 3.8) is 0 Å². The first-order chi connectivity index (χ1) is 36.6. The Balaban J connectivity index is 0.000000150. The van der Waals surface area contributed by atoms with E-state index in [4.69, 9.17) is 56.8 Å². The van der Waals surface area contributed by atoms with Gasteiger partial charge in [0.25, 0.3) is 0 Å². The topological polar surface area (TPSA) is 232 Å². The lowest BCUT2D eigenvalue weighted by Gasteiger charge is -2.47. The van der Waals surface area contributed by atoms with Gasteiger partial charge in [0.2, 0.25) is 0 Å². The van der Waals surface area contributed by atoms with Gasteiger partial charge in [0.05, 0.1) is 75.3 Å². The zero-order valence-corrected chi connectivity index (χ0v) is 43.4. The van der Waals surface area contributed by atoms with Crippen LogP contribution in [0.15, 0.2) is 72.8 Å². The molecule has 3 aromatic rings. The van der Waals surface area contributed by atoms with Crippen LogP contribution in [0.3, 0.4) is 0 Å². The van der Waals surface area contributed by atoms with E-state index in [1.165, 1.54) is 0 Å². The second-order valence-electron chi connectivity index (χ2n) is 20.9. The lowest BCUT2D eigenvalue weighted by molar-refractivity contribution is -0.222. The number of para-hydroxylation sites is 6. The Kier molecular flexibility index (Phi) is 22.2. The molecule has 18 nitrogen and oxygen atoms in total. The number of aliphatic hydroxyl groups excluding tert-OH is 6. The Bertz CT molecular complexity index is 1960. The summed E-state index contributed by atoms with van der Waals surface area (Å²) in [6.07, 6.45) is 10.6. The predicted molar refractivity (Wildman–Crippen MR) is 274 cm³/mol. The summed E-state index contributed by atoms with van der Waals surface area (Å²) in [6.45, 7) is 2.02. The molecule has 0 aromatic heterocycles. The Labute approximate surface area is 441 Å². The van der Waals surface area contributed by atoms with Crippen LogP contribution < -0.4 is 28.4 Å². The third-order valence-corrected chi connectivity index (χ3v) is 14.9. The van der Waals surface area contributed by atoms with Gasteiger partial charge in [-0.1, -0.05) is 74.9 Å². The van der Waals surface area contributed by atoms with Gasteiger partial charge in [0.1, 0.15) is 76.3 Å². The van der Waals surface area contributed by atoms with Crippen LogP contribution in [0.1, 0.15) is 96.3 Å². The smallest absolute Gasteiger partial charge is 0.161 e. The van der Waals surface area contributed by atoms with Crippen molar-refractivity contribution in [2.45, 2.75) is 169 Å². The average Bonchev–Trinajstić information content (AvgIpc) is 4.24. The number of rotatable bonds is 0. The molecule has 6 N–H and O–H groups in total. The van der Waals surface area contributed by atoms with Crippen LogP contribution in [0.4, 0.5) is 0 Å². The largest absolute Gasteiger partial charge is 0.487 e. The minimum atomic E-state index is -0.725. The first kappa shape index (κ1) is 57.2. The van der Waals surface area contributed by atoms with Crippen LogP contribution >= 0.6 is 0 Å². The van der Waals surface area contributed by atoms with Gasteiger partial charge in [-0.3, -0.25) is 0 Å². The quantitative estimate of drug-likeness (QED) is 0.163. The Morgan fingerprint density at radius 1 is 0.280 bits per heavy atom. The SMILES string of the molecule is OC1COc2ccccc2OCC(O)COC2(CCCC2)C2(CCCC2)OC1.OC1COc2ccccc2OCC(O)CO[C@@H]2CCCC[C@@H]2OC1.OC1COc2ccccc2OCC(O)CO[C@@H]2CCC[C@@H]2OC1. The van der Waals surface area contributed by atoms with Crippen molar-refractivity contribution in [3.05, 3.63) is 72.8 Å². The molecule has 6 unspecified atom stereocenters. The number of fused-ring (bicyclic) bond motifs is 6. The monoisotopic (exact) mass is 1050 g/mol. The zero-order valence-electron chi connectivity index (χ0n) is 43.4. The van der Waals surface area contributed by atoms with Gasteiger partial charge in [-0.05, 0) is 94.2 Å². The molecule has 2 spiro atoms. The summed E-state index contributed by atoms with van der Waals surface area (Å²) in [5.74, 6) is 3.25. The fraction of sp³-hybridized carbons (Fsp3) is 0.684. The Hall–Kier alpha value is -4.02. The molecule has 75 heavy (non-hydrogen) atoms. The molecule has 4 saturated carbocycles. The van der Waals surface area contributed by atoms with E-state index in [1.807, 2.05) is 36.4 Å². The first-order valence-corrected chi connectivity index (χ1v) is 27.4. The number of ether oxygens (including phenoxy) is 12. The van der Waals surface area contributed by atoms with E-state index in [0.717, 1.165) is 96.3 Å². The molecule has 4 aliphatic carbocycles. The van der Waals surface area contributed by atoms with Gasteiger partial charge in [0.15, 0.2) is 34.5 Å². The third-order valence-electron chi connectivity index (χ3n) is 14.9. The molecule has 0 radical (unpaired) electrons. The van der Waals surface area contributed by atoms with Crippen LogP contribution in [0, 0.1) is 0 Å². The van der Waals surface area contributed by atoms with Crippen molar-refractivity contribution in [1.29, 1.82) is 0 Å². The van der Waals surface area contributed by atoms with Gasteiger partial charge in [-0.2, -0.15) is 0 Å². The van der Waals surface area contributed by atoms with Crippen molar-refractivity contribution in [3.8, 4) is 34.5 Å². The normalized spacial score (nSPS) is 31.8. The maximum absolute atomic E-state index is 10.5. The van der Waals surface area contributed by atoms with Crippen LogP contribution in [-0.4, -0.2) is 182 Å². The van der Waals surface area contributed by atoms with E-state index >= 15 is 0 Å². The summed E-state index contributed by atoms with van der Waals surface area (Å²) in [7, 11) is 0. The minimum Gasteiger partial charge on any atom is -0.487 e. The number of aliphatic hydroxyl groups is 6. The van der Waals surface area contributed by atoms with Gasteiger partial charge < -0.3 is 87.5 Å². The van der Waals surface area contributed by atoms with Gasteiger partial charge in [-0.25, -0.2) is 0 Å². The first-order valence-electron chi connectivity index (χ1n) is 27.4. The summed E-state index contributed by atoms with van der Waals surface area (Å²) in [5.41, 5.74) is -0.764. The summed E-state index contributed by atoms with van der Waals surface area (Å²) < 4.78 is 70.3. The molecule has 0 amide bonds. The lowest BCUT2D eigenvalue weighted by Crippen LogP contribution is -2.56. The molecule has 10 atom stereocenters. The third kappa shape index (κ3) is 16.7. The molecule has 4 fully saturated rings. The molecule has 3 heterocycles. The molecular weight excluding hydrogens is 973 g/mol. The highest BCUT2D eigenvalue weighted by atomic mass is 16.6. The highest BCUT2D eigenvalue weighted by Gasteiger charge is 2.56. The molecule has 18 heteroatoms. The van der Waals surface area contributed by atoms with Gasteiger partial charge in [0, 0.05) is 0 Å². The Morgan fingerprint density at radius 3 is 0.760 bits per heavy atom. The highest BCUT2D eigenvalue weighted by molar-refractivity contribution is 5.41. The van der Waals surface area contributed by atoms with Gasteiger partial charge in [-0.15, -0.1) is 0 Å². The van der Waals surface area contributed by atoms with E-state index in [-0.39, 0.29) is 115 Å². The highest BCUT2D eigenvalue weighted by Crippen LogP contribution is 2.52. The van der Waals surface area contributed by atoms with Crippen molar-refractivity contribution in [2.75, 3.05) is 79.3 Å². The van der Waals surface area contributed by atoms with Crippen LogP contribution in [0.2, 0.25) is 0 Å². The summed E-state index contributed by atoms with van der Waals surface area (Å²) in [6, 6.07) is 21.7. The maximum Gasteiger partial charge on any atom is 0.161 e. The second kappa shape index (κ2) is 29.1. The molecule has 418 valence electrons. The molecular formula is C57H82O18. The molecule has 0 bridgehead atoms. The van der Waals surface area contributed by atoms with Crippen molar-refractivity contribution < 1.29 is 87.5 Å². The zero-order chi connectivity index (χ0) is 52.3. The molecule has 7 aliphatic rings. The summed E-state index contributed by atoms with van der Waals surface area (Å²) in [5, 5.41) is 61.3. The Morgan fingerprint density at radius 2 is 0.507 bits per heavy atom. The summed E-state index contributed by atoms with van der Waals surface area (Å²) >= 11 is 0. The van der Waals surface area contributed by atoms with E-state index in [0.29, 0.717) is 34.5 Å². The van der Waals surface area contributed by atoms with Crippen molar-refractivity contribution in [1.82, 2.24) is 0 Å². The molecule has 10 rings (SSSR count). The van der Waals surface area contributed by atoms with Crippen molar-refractivity contribution >= 4 is 0 Å². The van der Waals surface area contributed by atoms with E-state index in [9.17, 15) is 30.6 Å². The predicted octanol–water partition coefficient (Wildman–Crippen LogP) is 5.50. The van der Waals surface area contributed by atoms with E-state index in [1.54, 1.807) is 36.4 Å². The van der Waals surface area contributed by atoms with E-state index < -0.39 is 36.6 Å². The van der Waals surface area contributed by atoms with Crippen LogP contribution in [-0.2, 0) is 28.4 Å². The minimum absolute atomic E-state index is 0.0343. The van der Waals surface area contributed by atoms with Crippen LogP contribution in [0.25, 0.3) is 0 Å². The van der Waals surface area contributed by atoms with Crippen LogP contribution in [0.5, 0.6) is 34.5 Å². The lowest BCUT2D eigenvalue weighted by atomic mass is 9.79. The number of hydrogen-bond acceptors (Lipinski definition) is 18. The standard InChI is InChI=1S/C22H32O6.C18H26O6.C17H24O6/c23-17-13-25-19-7-1-2-8-20(19)26-14-18(24)16-28-22(11-5-6-12-22)21(27-15-17)9-3-4-10-21;19-13-9-21-15-5-1-2-6-16(15)22-10-14(20)12-24-18-8-4-3-7-17(18)23-11-13;18-12-8-20-14-4-1-2-5-15(14)21-9-13(19)11-23-17-7-3-6-16(17)22-10-12/h1-2,7-8,17-18,23-24H,3-6,9-16H2;1-2,5-6,13-14,17-20H,3-4,7-12H2;1-2,4-5,12-13,16-19H,3,6-11H2/t;13?,14?,17-,18+;12?,13?,16-,17+. The second-order valence-corrected chi connectivity index (χ2v) is 20.9. The fourth-order valence-electron chi connectivity index (χ4n) is 11.0. The number of benzene rings is 3. The fourth-order valence-corrected chi connectivity index (χ4v) is 11.0. The van der Waals surface area contributed by atoms with E-state index in [2.05, 4.69) is 0 Å². The molecule has 3 aromatic carbocycles. The summed E-state index contributed by atoms with van der Waals surface area (Å²) in [4.78, 5) is 0. The molecule has 0 saturated heterocycles.